The summed E-state index contributed by atoms with van der Waals surface area (Å²) in [4.78, 5) is 11.6. The molecule has 0 aromatic carbocycles. The number of carbonyl (C=O) groups excluding carboxylic acids is 1. The standard InChI is InChI=1S/C10H20N2O3S/c1-2-3-9(11)10(13)12-8-4-6-16(14,15)7-5-8/h8-9H,2-7,11H2,1H3,(H,12,13)/t9-/m0/s1. The van der Waals surface area contributed by atoms with Crippen molar-refractivity contribution in [2.75, 3.05) is 11.5 Å². The molecule has 0 radical (unpaired) electrons. The number of rotatable bonds is 4. The second kappa shape index (κ2) is 5.63. The lowest BCUT2D eigenvalue weighted by molar-refractivity contribution is -0.123. The fraction of sp³-hybridized carbons (Fsp3) is 0.900. The minimum absolute atomic E-state index is 0.0288. The number of hydrogen-bond acceptors (Lipinski definition) is 4. The summed E-state index contributed by atoms with van der Waals surface area (Å²) in [6.07, 6.45) is 2.55. The zero-order valence-corrected chi connectivity index (χ0v) is 10.4. The molecular weight excluding hydrogens is 228 g/mol. The topological polar surface area (TPSA) is 89.3 Å². The molecule has 1 rings (SSSR count). The minimum Gasteiger partial charge on any atom is -0.352 e. The molecule has 0 saturated carbocycles. The molecule has 6 heteroatoms. The number of nitrogens with one attached hydrogen (secondary N) is 1. The van der Waals surface area contributed by atoms with Crippen LogP contribution >= 0.6 is 0 Å². The molecule has 0 bridgehead atoms. The van der Waals surface area contributed by atoms with E-state index in [2.05, 4.69) is 5.32 Å². The first-order valence-corrected chi connectivity index (χ1v) is 7.53. The van der Waals surface area contributed by atoms with E-state index in [1.54, 1.807) is 0 Å². The van der Waals surface area contributed by atoms with Crippen LogP contribution in [0.5, 0.6) is 0 Å². The lowest BCUT2D eigenvalue weighted by Crippen LogP contribution is -2.47. The van der Waals surface area contributed by atoms with Gasteiger partial charge < -0.3 is 11.1 Å². The predicted molar refractivity (Wildman–Crippen MR) is 62.7 cm³/mol. The summed E-state index contributed by atoms with van der Waals surface area (Å²) in [5.41, 5.74) is 5.67. The molecule has 16 heavy (non-hydrogen) atoms. The van der Waals surface area contributed by atoms with Gasteiger partial charge in [-0.15, -0.1) is 0 Å². The van der Waals surface area contributed by atoms with Crippen molar-refractivity contribution in [3.63, 3.8) is 0 Å². The lowest BCUT2D eigenvalue weighted by atomic mass is 10.1. The Bertz CT molecular complexity index is 326. The Morgan fingerprint density at radius 2 is 2.00 bits per heavy atom. The molecule has 1 saturated heterocycles. The lowest BCUT2D eigenvalue weighted by Gasteiger charge is -2.24. The van der Waals surface area contributed by atoms with Crippen LogP contribution in [0.2, 0.25) is 0 Å². The summed E-state index contributed by atoms with van der Waals surface area (Å²) in [6, 6.07) is -0.498. The Labute approximate surface area is 96.7 Å². The number of carbonyl (C=O) groups is 1. The molecule has 1 aliphatic rings. The molecule has 0 spiro atoms. The van der Waals surface area contributed by atoms with E-state index in [0.29, 0.717) is 19.3 Å². The van der Waals surface area contributed by atoms with Gasteiger partial charge in [-0.1, -0.05) is 13.3 Å². The van der Waals surface area contributed by atoms with Crippen molar-refractivity contribution in [3.8, 4) is 0 Å². The first-order chi connectivity index (χ1) is 7.44. The summed E-state index contributed by atoms with van der Waals surface area (Å²) in [5, 5.41) is 2.81. The highest BCUT2D eigenvalue weighted by atomic mass is 32.2. The van der Waals surface area contributed by atoms with Crippen molar-refractivity contribution >= 4 is 15.7 Å². The molecule has 1 heterocycles. The highest BCUT2D eigenvalue weighted by Crippen LogP contribution is 2.12. The van der Waals surface area contributed by atoms with Crippen LogP contribution < -0.4 is 11.1 Å². The molecular formula is C10H20N2O3S. The molecule has 5 nitrogen and oxygen atoms in total. The van der Waals surface area contributed by atoms with E-state index < -0.39 is 15.9 Å². The van der Waals surface area contributed by atoms with Crippen LogP contribution in [0, 0.1) is 0 Å². The number of hydrogen-bond donors (Lipinski definition) is 2. The van der Waals surface area contributed by atoms with E-state index in [1.165, 1.54) is 0 Å². The van der Waals surface area contributed by atoms with Gasteiger partial charge in [0, 0.05) is 6.04 Å². The molecule has 1 atom stereocenters. The molecule has 1 aliphatic heterocycles. The van der Waals surface area contributed by atoms with Crippen molar-refractivity contribution in [1.29, 1.82) is 0 Å². The zero-order valence-electron chi connectivity index (χ0n) is 9.61. The maximum Gasteiger partial charge on any atom is 0.237 e. The third-order valence-corrected chi connectivity index (χ3v) is 4.55. The molecule has 1 fully saturated rings. The average molecular weight is 248 g/mol. The molecule has 0 aliphatic carbocycles. The fourth-order valence-electron chi connectivity index (χ4n) is 1.78. The molecule has 0 aromatic rings. The van der Waals surface area contributed by atoms with E-state index in [1.807, 2.05) is 6.92 Å². The van der Waals surface area contributed by atoms with Crippen LogP contribution in [0.25, 0.3) is 0 Å². The van der Waals surface area contributed by atoms with Gasteiger partial charge >= 0.3 is 0 Å². The van der Waals surface area contributed by atoms with E-state index in [-0.39, 0.29) is 23.5 Å². The van der Waals surface area contributed by atoms with Gasteiger partial charge in [0.2, 0.25) is 5.91 Å². The van der Waals surface area contributed by atoms with Crippen LogP contribution in [0.15, 0.2) is 0 Å². The van der Waals surface area contributed by atoms with E-state index in [0.717, 1.165) is 6.42 Å². The Morgan fingerprint density at radius 1 is 1.44 bits per heavy atom. The number of nitrogens with two attached hydrogens (primary N) is 1. The van der Waals surface area contributed by atoms with Crippen molar-refractivity contribution in [3.05, 3.63) is 0 Å². The highest BCUT2D eigenvalue weighted by Gasteiger charge is 2.25. The van der Waals surface area contributed by atoms with Crippen molar-refractivity contribution in [2.45, 2.75) is 44.7 Å². The monoisotopic (exact) mass is 248 g/mol. The van der Waals surface area contributed by atoms with E-state index in [9.17, 15) is 13.2 Å². The smallest absolute Gasteiger partial charge is 0.237 e. The second-order valence-corrected chi connectivity index (χ2v) is 6.63. The van der Waals surface area contributed by atoms with Gasteiger partial charge in [0.05, 0.1) is 17.5 Å². The largest absolute Gasteiger partial charge is 0.352 e. The summed E-state index contributed by atoms with van der Waals surface area (Å²) >= 11 is 0. The minimum atomic E-state index is -2.86. The Balaban J connectivity index is 2.36. The quantitative estimate of drug-likeness (QED) is 0.721. The van der Waals surface area contributed by atoms with Crippen LogP contribution in [-0.2, 0) is 14.6 Å². The van der Waals surface area contributed by atoms with Crippen LogP contribution in [0.3, 0.4) is 0 Å². The van der Waals surface area contributed by atoms with Crippen molar-refractivity contribution in [2.24, 2.45) is 5.73 Å². The molecule has 0 unspecified atom stereocenters. The van der Waals surface area contributed by atoms with Gasteiger partial charge in [-0.3, -0.25) is 4.79 Å². The van der Waals surface area contributed by atoms with Gasteiger partial charge in [0.25, 0.3) is 0 Å². The first kappa shape index (κ1) is 13.4. The number of sulfone groups is 1. The highest BCUT2D eigenvalue weighted by molar-refractivity contribution is 7.91. The van der Waals surface area contributed by atoms with Gasteiger partial charge in [0.15, 0.2) is 0 Å². The predicted octanol–water partition coefficient (Wildman–Crippen LogP) is -0.193. The molecule has 0 aromatic heterocycles. The summed E-state index contributed by atoms with van der Waals surface area (Å²) in [7, 11) is -2.86. The zero-order chi connectivity index (χ0) is 12.2. The summed E-state index contributed by atoms with van der Waals surface area (Å²) < 4.78 is 22.4. The maximum absolute atomic E-state index is 11.6. The van der Waals surface area contributed by atoms with E-state index in [4.69, 9.17) is 5.73 Å². The Kier molecular flexibility index (Phi) is 4.73. The second-order valence-electron chi connectivity index (χ2n) is 4.33. The van der Waals surface area contributed by atoms with Gasteiger partial charge in [-0.25, -0.2) is 8.42 Å². The Hall–Kier alpha value is -0.620. The van der Waals surface area contributed by atoms with Crippen LogP contribution in [0.1, 0.15) is 32.6 Å². The van der Waals surface area contributed by atoms with Gasteiger partial charge in [-0.2, -0.15) is 0 Å². The van der Waals surface area contributed by atoms with Gasteiger partial charge in [0.1, 0.15) is 9.84 Å². The van der Waals surface area contributed by atoms with Crippen molar-refractivity contribution in [1.82, 2.24) is 5.32 Å². The average Bonchev–Trinajstić information content (AvgIpc) is 2.21. The van der Waals surface area contributed by atoms with E-state index >= 15 is 0 Å². The molecule has 94 valence electrons. The number of amides is 1. The van der Waals surface area contributed by atoms with Crippen molar-refractivity contribution < 1.29 is 13.2 Å². The van der Waals surface area contributed by atoms with Gasteiger partial charge in [-0.05, 0) is 19.3 Å². The van der Waals surface area contributed by atoms with Crippen LogP contribution in [0.4, 0.5) is 0 Å². The molecule has 1 amide bonds. The summed E-state index contributed by atoms with van der Waals surface area (Å²) in [5.74, 6) is 0.174. The SMILES string of the molecule is CCC[C@H](N)C(=O)NC1CCS(=O)(=O)CC1. The Morgan fingerprint density at radius 3 is 2.50 bits per heavy atom. The third-order valence-electron chi connectivity index (χ3n) is 2.84. The summed E-state index contributed by atoms with van der Waals surface area (Å²) in [6.45, 7) is 1.97. The molecule has 3 N–H and O–H groups in total. The maximum atomic E-state index is 11.6. The third kappa shape index (κ3) is 4.09. The van der Waals surface area contributed by atoms with Crippen LogP contribution in [-0.4, -0.2) is 37.9 Å². The fourth-order valence-corrected chi connectivity index (χ4v) is 3.28. The first-order valence-electron chi connectivity index (χ1n) is 5.71. The normalized spacial score (nSPS) is 22.6.